The largest absolute Gasteiger partial charge is 0.357 e. The van der Waals surface area contributed by atoms with Gasteiger partial charge in [-0.05, 0) is 55.2 Å². The lowest BCUT2D eigenvalue weighted by Gasteiger charge is -2.32. The van der Waals surface area contributed by atoms with Crippen LogP contribution in [0.1, 0.15) is 36.5 Å². The number of nitrogens with zero attached hydrogens (tertiary/aromatic N) is 3. The minimum atomic E-state index is -0.0651. The van der Waals surface area contributed by atoms with Crippen molar-refractivity contribution in [3.63, 3.8) is 0 Å². The fraction of sp³-hybridized carbons (Fsp3) is 0.318. The lowest BCUT2D eigenvalue weighted by atomic mass is 9.94. The third-order valence-corrected chi connectivity index (χ3v) is 6.44. The van der Waals surface area contributed by atoms with E-state index in [9.17, 15) is 4.79 Å². The second-order valence-corrected chi connectivity index (χ2v) is 8.04. The smallest absolute Gasteiger partial charge is 0.185 e. The van der Waals surface area contributed by atoms with Crippen LogP contribution in [0.5, 0.6) is 0 Å². The molecule has 0 saturated carbocycles. The van der Waals surface area contributed by atoms with E-state index in [0.29, 0.717) is 5.56 Å². The zero-order chi connectivity index (χ0) is 18.8. The van der Waals surface area contributed by atoms with Gasteiger partial charge in [0.2, 0.25) is 0 Å². The van der Waals surface area contributed by atoms with Crippen LogP contribution < -0.4 is 4.90 Å². The Kier molecular flexibility index (Phi) is 5.03. The van der Waals surface area contributed by atoms with Crippen molar-refractivity contribution in [2.24, 2.45) is 5.92 Å². The number of rotatable bonds is 5. The topological polar surface area (TPSA) is 46.1 Å². The molecule has 0 N–H and O–H groups in total. The fourth-order valence-electron chi connectivity index (χ4n) is 3.59. The molecule has 1 fully saturated rings. The number of benzene rings is 1. The molecule has 4 rings (SSSR count). The molecule has 3 heterocycles. The van der Waals surface area contributed by atoms with E-state index in [0.717, 1.165) is 45.6 Å². The number of carbonyl (C=O) groups excluding carboxylic acids is 1. The highest BCUT2D eigenvalue weighted by Gasteiger charge is 2.19. The van der Waals surface area contributed by atoms with E-state index < -0.39 is 0 Å². The van der Waals surface area contributed by atoms with Gasteiger partial charge in [-0.3, -0.25) is 4.79 Å². The minimum absolute atomic E-state index is 0.0651. The number of hydrogen-bond acceptors (Lipinski definition) is 5. The quantitative estimate of drug-likeness (QED) is 0.444. The number of carbonyl (C=O) groups is 1. The predicted octanol–water partition coefficient (Wildman–Crippen LogP) is 5.35. The molecule has 0 bridgehead atoms. The van der Waals surface area contributed by atoms with Crippen molar-refractivity contribution in [3.8, 4) is 10.6 Å². The average Bonchev–Trinajstić information content (AvgIpc) is 3.16. The number of fused-ring (bicyclic) bond motifs is 1. The normalized spacial score (nSPS) is 15.2. The van der Waals surface area contributed by atoms with Gasteiger partial charge >= 0.3 is 0 Å². The molecule has 5 heteroatoms. The molecule has 1 saturated heterocycles. The molecule has 2 aromatic heterocycles. The number of ketones is 1. The molecular formula is C22H23N3OS. The molecular weight excluding hydrogens is 354 g/mol. The number of hydrogen-bond donors (Lipinski definition) is 0. The van der Waals surface area contributed by atoms with Crippen molar-refractivity contribution in [1.29, 1.82) is 0 Å². The summed E-state index contributed by atoms with van der Waals surface area (Å²) in [6.45, 7) is 8.01. The first kappa shape index (κ1) is 17.9. The summed E-state index contributed by atoms with van der Waals surface area (Å²) in [4.78, 5) is 23.6. The Morgan fingerprint density at radius 3 is 2.78 bits per heavy atom. The summed E-state index contributed by atoms with van der Waals surface area (Å²) in [5, 5.41) is 0.928. The minimum Gasteiger partial charge on any atom is -0.357 e. The van der Waals surface area contributed by atoms with Gasteiger partial charge in [0.05, 0.1) is 10.2 Å². The van der Waals surface area contributed by atoms with Crippen molar-refractivity contribution >= 4 is 33.2 Å². The van der Waals surface area contributed by atoms with Crippen LogP contribution in [0.15, 0.2) is 49.2 Å². The summed E-state index contributed by atoms with van der Waals surface area (Å²) < 4.78 is 1.00. The average molecular weight is 378 g/mol. The maximum absolute atomic E-state index is 11.8. The molecule has 4 nitrogen and oxygen atoms in total. The van der Waals surface area contributed by atoms with Crippen molar-refractivity contribution in [2.45, 2.75) is 26.2 Å². The summed E-state index contributed by atoms with van der Waals surface area (Å²) in [6.07, 6.45) is 7.04. The first-order valence-electron chi connectivity index (χ1n) is 9.46. The number of aromatic nitrogens is 2. The molecule has 138 valence electrons. The van der Waals surface area contributed by atoms with Crippen LogP contribution in [0, 0.1) is 5.92 Å². The summed E-state index contributed by atoms with van der Waals surface area (Å²) in [6, 6.07) is 9.78. The Morgan fingerprint density at radius 1 is 1.30 bits per heavy atom. The van der Waals surface area contributed by atoms with Crippen molar-refractivity contribution < 1.29 is 4.79 Å². The van der Waals surface area contributed by atoms with E-state index >= 15 is 0 Å². The molecule has 0 atom stereocenters. The van der Waals surface area contributed by atoms with Crippen molar-refractivity contribution in [1.82, 2.24) is 9.97 Å². The van der Waals surface area contributed by atoms with E-state index in [1.165, 1.54) is 25.3 Å². The highest BCUT2D eigenvalue weighted by molar-refractivity contribution is 7.21. The zero-order valence-corrected chi connectivity index (χ0v) is 16.3. The molecule has 0 aliphatic carbocycles. The summed E-state index contributed by atoms with van der Waals surface area (Å²) in [5.41, 5.74) is 2.57. The molecule has 1 aliphatic heterocycles. The highest BCUT2D eigenvalue weighted by Crippen LogP contribution is 2.32. The van der Waals surface area contributed by atoms with E-state index in [1.807, 2.05) is 18.3 Å². The maximum Gasteiger partial charge on any atom is 0.185 e. The summed E-state index contributed by atoms with van der Waals surface area (Å²) in [5.74, 6) is 1.85. The maximum atomic E-state index is 11.8. The van der Waals surface area contributed by atoms with Crippen LogP contribution in [0.4, 0.5) is 5.82 Å². The van der Waals surface area contributed by atoms with Gasteiger partial charge in [-0.15, -0.1) is 11.3 Å². The first-order valence-corrected chi connectivity index (χ1v) is 10.3. The second kappa shape index (κ2) is 7.61. The summed E-state index contributed by atoms with van der Waals surface area (Å²) >= 11 is 1.59. The molecule has 1 aliphatic rings. The van der Waals surface area contributed by atoms with Crippen molar-refractivity contribution in [3.05, 3.63) is 54.7 Å². The van der Waals surface area contributed by atoms with Gasteiger partial charge in [0.15, 0.2) is 5.78 Å². The van der Waals surface area contributed by atoms with Crippen LogP contribution in [0.2, 0.25) is 0 Å². The first-order chi connectivity index (χ1) is 13.2. The van der Waals surface area contributed by atoms with Crippen LogP contribution in [0.3, 0.4) is 0 Å². The van der Waals surface area contributed by atoms with Gasteiger partial charge in [-0.1, -0.05) is 19.9 Å². The SMILES string of the molecule is C=CC(=O)c1ccc2nc(-c3ccc(N4CCC(CC)CC4)nc3)sc2c1. The van der Waals surface area contributed by atoms with E-state index in [1.54, 1.807) is 17.4 Å². The number of thiazole rings is 1. The van der Waals surface area contributed by atoms with Gasteiger partial charge in [0.1, 0.15) is 10.8 Å². The van der Waals surface area contributed by atoms with Gasteiger partial charge in [-0.25, -0.2) is 9.97 Å². The third-order valence-electron chi connectivity index (χ3n) is 5.37. The van der Waals surface area contributed by atoms with E-state index in [-0.39, 0.29) is 5.78 Å². The molecule has 0 amide bonds. The molecule has 0 radical (unpaired) electrons. The van der Waals surface area contributed by atoms with Crippen LogP contribution in [-0.2, 0) is 0 Å². The van der Waals surface area contributed by atoms with E-state index in [2.05, 4.69) is 35.5 Å². The Balaban J connectivity index is 1.55. The number of allylic oxidation sites excluding steroid dienone is 1. The zero-order valence-electron chi connectivity index (χ0n) is 15.5. The molecule has 1 aromatic carbocycles. The summed E-state index contributed by atoms with van der Waals surface area (Å²) in [7, 11) is 0. The Labute approximate surface area is 163 Å². The van der Waals surface area contributed by atoms with Gasteiger partial charge in [-0.2, -0.15) is 0 Å². The molecule has 0 spiro atoms. The second-order valence-electron chi connectivity index (χ2n) is 7.01. The highest BCUT2D eigenvalue weighted by atomic mass is 32.1. The van der Waals surface area contributed by atoms with E-state index in [4.69, 9.17) is 4.98 Å². The number of pyridine rings is 1. The van der Waals surface area contributed by atoms with Gasteiger partial charge in [0.25, 0.3) is 0 Å². The van der Waals surface area contributed by atoms with Gasteiger partial charge in [0, 0.05) is 30.4 Å². The molecule has 0 unspecified atom stereocenters. The lowest BCUT2D eigenvalue weighted by Crippen LogP contribution is -2.33. The molecule has 27 heavy (non-hydrogen) atoms. The van der Waals surface area contributed by atoms with Crippen molar-refractivity contribution in [2.75, 3.05) is 18.0 Å². The Morgan fingerprint density at radius 2 is 2.11 bits per heavy atom. The van der Waals surface area contributed by atoms with Gasteiger partial charge < -0.3 is 4.90 Å². The third kappa shape index (κ3) is 3.65. The number of anilines is 1. The monoisotopic (exact) mass is 377 g/mol. The predicted molar refractivity (Wildman–Crippen MR) is 113 cm³/mol. The van der Waals surface area contributed by atoms with Crippen LogP contribution in [-0.4, -0.2) is 28.8 Å². The van der Waals surface area contributed by atoms with Crippen LogP contribution in [0.25, 0.3) is 20.8 Å². The Bertz CT molecular complexity index is 969. The molecule has 3 aromatic rings. The lowest BCUT2D eigenvalue weighted by molar-refractivity contribution is 0.104. The number of piperidine rings is 1. The Hall–Kier alpha value is -2.53. The van der Waals surface area contributed by atoms with Crippen LogP contribution >= 0.6 is 11.3 Å². The fourth-order valence-corrected chi connectivity index (χ4v) is 4.58. The standard InChI is InChI=1S/C22H23N3OS/c1-3-15-9-11-25(12-10-15)21-8-6-17(14-23-21)22-24-18-7-5-16(19(26)4-2)13-20(18)27-22/h4-8,13-15H,2-3,9-12H2,1H3.